The zero-order valence-electron chi connectivity index (χ0n) is 18.2. The van der Waals surface area contributed by atoms with Crippen LogP contribution in [0, 0.1) is 5.92 Å². The minimum atomic E-state index is 0.709. The molecule has 0 aliphatic carbocycles. The van der Waals surface area contributed by atoms with Crippen molar-refractivity contribution < 1.29 is 5.11 Å². The van der Waals surface area contributed by atoms with Crippen molar-refractivity contribution in [1.82, 2.24) is 9.80 Å². The maximum atomic E-state index is 7.00. The van der Waals surface area contributed by atoms with Gasteiger partial charge in [0.05, 0.1) is 0 Å². The first-order valence-electron chi connectivity index (χ1n) is 11.0. The normalized spacial score (nSPS) is 26.4. The summed E-state index contributed by atoms with van der Waals surface area (Å²) in [6, 6.07) is 11.4. The van der Waals surface area contributed by atoms with Crippen LogP contribution in [0.25, 0.3) is 0 Å². The molecule has 1 aromatic rings. The van der Waals surface area contributed by atoms with Crippen molar-refractivity contribution in [2.24, 2.45) is 5.92 Å². The van der Waals surface area contributed by atoms with Crippen LogP contribution in [0.5, 0.6) is 0 Å². The molecule has 3 aliphatic heterocycles. The van der Waals surface area contributed by atoms with Gasteiger partial charge in [-0.05, 0) is 69.9 Å². The maximum absolute atomic E-state index is 7.00. The Morgan fingerprint density at radius 1 is 1.04 bits per heavy atom. The quantitative estimate of drug-likeness (QED) is 0.753. The smallest absolute Gasteiger partial charge is 0.0377 e. The summed E-state index contributed by atoms with van der Waals surface area (Å²) in [5, 5.41) is 7.00. The van der Waals surface area contributed by atoms with E-state index in [2.05, 4.69) is 59.1 Å². The highest BCUT2D eigenvalue weighted by atomic mass is 32.2. The molecule has 158 valence electrons. The molecule has 0 aromatic heterocycles. The highest BCUT2D eigenvalue weighted by molar-refractivity contribution is 7.98. The number of thioether (sulfide) groups is 1. The van der Waals surface area contributed by atoms with E-state index in [1.54, 1.807) is 0 Å². The van der Waals surface area contributed by atoms with Crippen LogP contribution in [0.4, 0.5) is 5.69 Å². The van der Waals surface area contributed by atoms with E-state index in [9.17, 15) is 0 Å². The molecule has 3 heterocycles. The number of rotatable bonds is 5. The van der Waals surface area contributed by atoms with Crippen LogP contribution in [0.15, 0.2) is 29.2 Å². The molecule has 0 amide bonds. The van der Waals surface area contributed by atoms with Gasteiger partial charge in [0.25, 0.3) is 0 Å². The van der Waals surface area contributed by atoms with E-state index in [0.29, 0.717) is 6.04 Å². The van der Waals surface area contributed by atoms with Crippen molar-refractivity contribution in [2.45, 2.75) is 62.6 Å². The van der Waals surface area contributed by atoms with Gasteiger partial charge in [-0.25, -0.2) is 0 Å². The van der Waals surface area contributed by atoms with Crippen molar-refractivity contribution in [2.75, 3.05) is 51.0 Å². The van der Waals surface area contributed by atoms with E-state index in [4.69, 9.17) is 5.11 Å². The van der Waals surface area contributed by atoms with Crippen LogP contribution in [0.3, 0.4) is 0 Å². The Morgan fingerprint density at radius 2 is 1.68 bits per heavy atom. The van der Waals surface area contributed by atoms with E-state index in [1.165, 1.54) is 69.0 Å². The van der Waals surface area contributed by atoms with E-state index in [-0.39, 0.29) is 0 Å². The van der Waals surface area contributed by atoms with E-state index in [0.717, 1.165) is 25.1 Å². The van der Waals surface area contributed by atoms with Crippen molar-refractivity contribution in [3.8, 4) is 0 Å². The summed E-state index contributed by atoms with van der Waals surface area (Å²) < 4.78 is 0. The van der Waals surface area contributed by atoms with Gasteiger partial charge in [0.15, 0.2) is 0 Å². The Bertz CT molecular complexity index is 589. The monoisotopic (exact) mass is 405 g/mol. The third kappa shape index (κ3) is 5.05. The summed E-state index contributed by atoms with van der Waals surface area (Å²) in [7, 11) is 1.00. The average molecular weight is 406 g/mol. The standard InChI is InChI=1S/C22H35N3S.CH4O/c1-17(2)24-15-20-7-8-21(16-24)25(20)14-18-9-11-23(12-10-18)19-5-4-6-22(13-19)26-3;1-2/h4-6,13,17-18,20-21H,7-12,14-16H2,1-3H3;2H,1H3. The fourth-order valence-electron chi connectivity index (χ4n) is 5.22. The number of aliphatic hydroxyl groups is 1. The second kappa shape index (κ2) is 10.3. The van der Waals surface area contributed by atoms with Gasteiger partial charge < -0.3 is 10.0 Å². The molecule has 0 saturated carbocycles. The van der Waals surface area contributed by atoms with Gasteiger partial charge in [-0.1, -0.05) is 6.07 Å². The number of hydrogen-bond acceptors (Lipinski definition) is 5. The molecule has 1 aromatic carbocycles. The Morgan fingerprint density at radius 3 is 2.25 bits per heavy atom. The Hall–Kier alpha value is -0.750. The molecular weight excluding hydrogens is 366 g/mol. The molecule has 1 N–H and O–H groups in total. The summed E-state index contributed by atoms with van der Waals surface area (Å²) >= 11 is 1.84. The second-order valence-electron chi connectivity index (χ2n) is 8.76. The second-order valence-corrected chi connectivity index (χ2v) is 9.64. The number of aliphatic hydroxyl groups excluding tert-OH is 1. The molecule has 28 heavy (non-hydrogen) atoms. The lowest BCUT2D eigenvalue weighted by Gasteiger charge is -2.45. The molecular formula is C23H39N3OS. The van der Waals surface area contributed by atoms with Gasteiger partial charge in [0, 0.05) is 68.5 Å². The number of nitrogens with zero attached hydrogens (tertiary/aromatic N) is 3. The first-order chi connectivity index (χ1) is 13.6. The molecule has 2 bridgehead atoms. The number of likely N-dealkylation sites (tertiary alicyclic amines) is 1. The van der Waals surface area contributed by atoms with Crippen LogP contribution in [-0.4, -0.2) is 79.1 Å². The van der Waals surface area contributed by atoms with Crippen LogP contribution in [-0.2, 0) is 0 Å². The first-order valence-corrected chi connectivity index (χ1v) is 12.2. The highest BCUT2D eigenvalue weighted by Gasteiger charge is 2.41. The van der Waals surface area contributed by atoms with Crippen LogP contribution < -0.4 is 4.90 Å². The molecule has 2 unspecified atom stereocenters. The van der Waals surface area contributed by atoms with Crippen molar-refractivity contribution in [3.05, 3.63) is 24.3 Å². The molecule has 0 radical (unpaired) electrons. The van der Waals surface area contributed by atoms with Crippen LogP contribution in [0.1, 0.15) is 39.5 Å². The fourth-order valence-corrected chi connectivity index (χ4v) is 5.67. The Balaban J connectivity index is 0.00000109. The van der Waals surface area contributed by atoms with Crippen LogP contribution in [0.2, 0.25) is 0 Å². The van der Waals surface area contributed by atoms with E-state index >= 15 is 0 Å². The SMILES string of the molecule is CO.CSc1cccc(N2CCC(CN3C4CCC3CN(C(C)C)C4)CC2)c1. The predicted molar refractivity (Wildman–Crippen MR) is 122 cm³/mol. The number of piperazine rings is 1. The lowest BCUT2D eigenvalue weighted by molar-refractivity contribution is 0.0361. The van der Waals surface area contributed by atoms with Crippen molar-refractivity contribution in [1.29, 1.82) is 0 Å². The van der Waals surface area contributed by atoms with Gasteiger partial charge in [-0.3, -0.25) is 9.80 Å². The van der Waals surface area contributed by atoms with Crippen LogP contribution >= 0.6 is 11.8 Å². The minimum Gasteiger partial charge on any atom is -0.400 e. The molecule has 3 fully saturated rings. The number of benzene rings is 1. The highest BCUT2D eigenvalue weighted by Crippen LogP contribution is 2.34. The summed E-state index contributed by atoms with van der Waals surface area (Å²) in [4.78, 5) is 9.58. The topological polar surface area (TPSA) is 30.0 Å². The maximum Gasteiger partial charge on any atom is 0.0377 e. The molecule has 5 heteroatoms. The van der Waals surface area contributed by atoms with Gasteiger partial charge in [0.2, 0.25) is 0 Å². The fraction of sp³-hybridized carbons (Fsp3) is 0.739. The first kappa shape index (κ1) is 21.9. The Kier molecular flexibility index (Phi) is 8.10. The lowest BCUT2D eigenvalue weighted by Crippen LogP contribution is -2.56. The van der Waals surface area contributed by atoms with Gasteiger partial charge in [0.1, 0.15) is 0 Å². The predicted octanol–water partition coefficient (Wildman–Crippen LogP) is 3.79. The minimum absolute atomic E-state index is 0.709. The average Bonchev–Trinajstić information content (AvgIpc) is 2.96. The zero-order valence-corrected chi connectivity index (χ0v) is 19.0. The number of hydrogen-bond donors (Lipinski definition) is 1. The van der Waals surface area contributed by atoms with Crippen molar-refractivity contribution >= 4 is 17.4 Å². The largest absolute Gasteiger partial charge is 0.400 e. The zero-order chi connectivity index (χ0) is 20.1. The summed E-state index contributed by atoms with van der Waals surface area (Å²) in [5.41, 5.74) is 1.42. The van der Waals surface area contributed by atoms with E-state index < -0.39 is 0 Å². The van der Waals surface area contributed by atoms with Crippen molar-refractivity contribution in [3.63, 3.8) is 0 Å². The third-order valence-corrected chi connectivity index (χ3v) is 7.62. The molecule has 2 atom stereocenters. The van der Waals surface area contributed by atoms with E-state index in [1.807, 2.05) is 11.8 Å². The number of fused-ring (bicyclic) bond motifs is 2. The van der Waals surface area contributed by atoms with Gasteiger partial charge in [-0.15, -0.1) is 11.8 Å². The summed E-state index contributed by atoms with van der Waals surface area (Å²) in [6.45, 7) is 11.1. The summed E-state index contributed by atoms with van der Waals surface area (Å²) in [6.07, 6.45) is 7.72. The third-order valence-electron chi connectivity index (χ3n) is 6.89. The van der Waals surface area contributed by atoms with Gasteiger partial charge in [-0.2, -0.15) is 0 Å². The molecule has 3 aliphatic rings. The summed E-state index contributed by atoms with van der Waals surface area (Å²) in [5.74, 6) is 0.892. The number of piperidine rings is 1. The lowest BCUT2D eigenvalue weighted by atomic mass is 9.94. The number of anilines is 1. The Labute approximate surface area is 176 Å². The van der Waals surface area contributed by atoms with Gasteiger partial charge >= 0.3 is 0 Å². The molecule has 4 rings (SSSR count). The molecule has 0 spiro atoms. The molecule has 4 nitrogen and oxygen atoms in total. The molecule has 3 saturated heterocycles.